The van der Waals surface area contributed by atoms with Crippen molar-refractivity contribution in [2.45, 2.75) is 26.0 Å². The topological polar surface area (TPSA) is 100 Å². The number of anilines is 1. The van der Waals surface area contributed by atoms with Gasteiger partial charge in [-0.1, -0.05) is 18.2 Å². The van der Waals surface area contributed by atoms with Crippen LogP contribution in [0.5, 0.6) is 0 Å². The Kier molecular flexibility index (Phi) is 7.66. The summed E-state index contributed by atoms with van der Waals surface area (Å²) in [5.74, 6) is -0.476. The number of oxazole rings is 1. The van der Waals surface area contributed by atoms with E-state index in [1.54, 1.807) is 37.3 Å². The third-order valence-corrected chi connectivity index (χ3v) is 6.14. The Balaban J connectivity index is 1.31. The molecule has 182 valence electrons. The first-order valence-corrected chi connectivity index (χ1v) is 11.6. The zero-order valence-corrected chi connectivity index (χ0v) is 19.7. The van der Waals surface area contributed by atoms with Gasteiger partial charge in [-0.15, -0.1) is 0 Å². The first-order valence-electron chi connectivity index (χ1n) is 11.6. The number of carbonyl (C=O) groups is 1. The van der Waals surface area contributed by atoms with Crippen molar-refractivity contribution < 1.29 is 19.1 Å². The van der Waals surface area contributed by atoms with Gasteiger partial charge in [-0.05, 0) is 55.8 Å². The van der Waals surface area contributed by atoms with Crippen LogP contribution < -0.4 is 11.1 Å². The second kappa shape index (κ2) is 10.9. The van der Waals surface area contributed by atoms with Gasteiger partial charge < -0.3 is 24.1 Å². The summed E-state index contributed by atoms with van der Waals surface area (Å²) in [7, 11) is 2.13. The molecule has 1 atom stereocenters. The highest BCUT2D eigenvalue weighted by Crippen LogP contribution is 2.21. The maximum Gasteiger partial charge on any atom is 0.420 e. The second-order valence-corrected chi connectivity index (χ2v) is 8.82. The largest absolute Gasteiger partial charge is 0.449 e. The third-order valence-electron chi connectivity index (χ3n) is 6.14. The van der Waals surface area contributed by atoms with Gasteiger partial charge in [0, 0.05) is 38.4 Å². The number of likely N-dealkylation sites (N-methyl/N-ethyl adjacent to an activating group) is 1. The predicted molar refractivity (Wildman–Crippen MR) is 130 cm³/mol. The van der Waals surface area contributed by atoms with Gasteiger partial charge in [-0.3, -0.25) is 9.88 Å². The van der Waals surface area contributed by atoms with E-state index in [4.69, 9.17) is 9.15 Å². The van der Waals surface area contributed by atoms with Crippen LogP contribution in [-0.2, 0) is 11.3 Å². The summed E-state index contributed by atoms with van der Waals surface area (Å²) in [6, 6.07) is 12.5. The number of hydrogen-bond donors (Lipinski definition) is 2. The standard InChI is InChI=1S/C25H32N4O5/c1-18(30)20-7-8-22-23(16-20)34-25(32)29(22)17-19-5-3-6-21(15-19)26-24(31)33-14-4-9-28-12-10-27(2)11-13-28/h3,5-8,15-16,18,30H,4,9-14,17H2,1-2H3,(H,26,31). The molecule has 1 unspecified atom stereocenters. The summed E-state index contributed by atoms with van der Waals surface area (Å²) >= 11 is 0. The zero-order valence-electron chi connectivity index (χ0n) is 19.7. The van der Waals surface area contributed by atoms with Crippen molar-refractivity contribution in [3.63, 3.8) is 0 Å². The summed E-state index contributed by atoms with van der Waals surface area (Å²) in [5.41, 5.74) is 3.18. The number of piperazine rings is 1. The third kappa shape index (κ3) is 6.05. The van der Waals surface area contributed by atoms with Crippen LogP contribution in [0.4, 0.5) is 10.5 Å². The normalized spacial score (nSPS) is 16.0. The summed E-state index contributed by atoms with van der Waals surface area (Å²) in [4.78, 5) is 29.3. The highest BCUT2D eigenvalue weighted by molar-refractivity contribution is 5.84. The van der Waals surface area contributed by atoms with Gasteiger partial charge >= 0.3 is 11.8 Å². The average molecular weight is 469 g/mol. The first-order chi connectivity index (χ1) is 16.4. The van der Waals surface area contributed by atoms with E-state index in [9.17, 15) is 14.7 Å². The number of fused-ring (bicyclic) bond motifs is 1. The van der Waals surface area contributed by atoms with Crippen molar-refractivity contribution >= 4 is 22.9 Å². The number of aromatic nitrogens is 1. The molecule has 1 fully saturated rings. The van der Waals surface area contributed by atoms with Crippen LogP contribution in [0.2, 0.25) is 0 Å². The molecule has 34 heavy (non-hydrogen) atoms. The van der Waals surface area contributed by atoms with Crippen molar-refractivity contribution in [2.24, 2.45) is 0 Å². The fraction of sp³-hybridized carbons (Fsp3) is 0.440. The Morgan fingerprint density at radius 3 is 2.74 bits per heavy atom. The van der Waals surface area contributed by atoms with E-state index in [1.165, 1.54) is 4.57 Å². The molecule has 1 aliphatic rings. The van der Waals surface area contributed by atoms with Gasteiger partial charge in [0.2, 0.25) is 0 Å². The van der Waals surface area contributed by atoms with Crippen molar-refractivity contribution in [2.75, 3.05) is 51.7 Å². The minimum atomic E-state index is -0.646. The lowest BCUT2D eigenvalue weighted by Crippen LogP contribution is -2.44. The van der Waals surface area contributed by atoms with E-state index in [1.807, 2.05) is 12.1 Å². The van der Waals surface area contributed by atoms with E-state index >= 15 is 0 Å². The second-order valence-electron chi connectivity index (χ2n) is 8.82. The lowest BCUT2D eigenvalue weighted by Gasteiger charge is -2.32. The van der Waals surface area contributed by atoms with Gasteiger partial charge in [-0.2, -0.15) is 0 Å². The van der Waals surface area contributed by atoms with Crippen LogP contribution in [0.1, 0.15) is 30.6 Å². The number of rotatable bonds is 8. The molecule has 0 saturated carbocycles. The Morgan fingerprint density at radius 1 is 1.18 bits per heavy atom. The molecular formula is C25H32N4O5. The fourth-order valence-electron chi connectivity index (χ4n) is 4.10. The van der Waals surface area contributed by atoms with Gasteiger partial charge in [0.05, 0.1) is 24.8 Å². The molecule has 1 saturated heterocycles. The Morgan fingerprint density at radius 2 is 1.97 bits per heavy atom. The van der Waals surface area contributed by atoms with E-state index in [0.717, 1.165) is 44.7 Å². The summed E-state index contributed by atoms with van der Waals surface area (Å²) in [6.07, 6.45) is -0.343. The SMILES string of the molecule is CC(O)c1ccc2c(c1)oc(=O)n2Cc1cccc(NC(=O)OCCCN2CCN(C)CC2)c1. The molecule has 0 radical (unpaired) electrons. The minimum absolute atomic E-state index is 0.287. The van der Waals surface area contributed by atoms with Crippen LogP contribution in [0.25, 0.3) is 11.1 Å². The number of carbonyl (C=O) groups excluding carboxylic acids is 1. The van der Waals surface area contributed by atoms with Crippen LogP contribution in [0.15, 0.2) is 51.7 Å². The molecule has 0 aliphatic carbocycles. The smallest absolute Gasteiger partial charge is 0.420 e. The number of nitrogens with zero attached hydrogens (tertiary/aromatic N) is 3. The molecular weight excluding hydrogens is 436 g/mol. The average Bonchev–Trinajstić information content (AvgIpc) is 3.12. The number of amides is 1. The van der Waals surface area contributed by atoms with Crippen molar-refractivity contribution in [3.05, 3.63) is 64.1 Å². The van der Waals surface area contributed by atoms with Gasteiger partial charge in [0.1, 0.15) is 0 Å². The van der Waals surface area contributed by atoms with Crippen LogP contribution in [-0.4, -0.2) is 71.9 Å². The molecule has 1 aromatic heterocycles. The van der Waals surface area contributed by atoms with E-state index in [-0.39, 0.29) is 6.54 Å². The van der Waals surface area contributed by atoms with Crippen molar-refractivity contribution in [1.29, 1.82) is 0 Å². The quantitative estimate of drug-likeness (QED) is 0.491. The number of benzene rings is 2. The monoisotopic (exact) mass is 468 g/mol. The van der Waals surface area contributed by atoms with E-state index in [2.05, 4.69) is 22.2 Å². The number of hydrogen-bond acceptors (Lipinski definition) is 7. The summed E-state index contributed by atoms with van der Waals surface area (Å²) in [6.45, 7) is 7.47. The van der Waals surface area contributed by atoms with Gasteiger partial charge in [-0.25, -0.2) is 9.59 Å². The van der Waals surface area contributed by atoms with E-state index < -0.39 is 18.0 Å². The number of nitrogens with one attached hydrogen (secondary N) is 1. The van der Waals surface area contributed by atoms with Crippen LogP contribution in [0, 0.1) is 0 Å². The number of aliphatic hydroxyl groups excluding tert-OH is 1. The lowest BCUT2D eigenvalue weighted by molar-refractivity contribution is 0.130. The molecule has 0 bridgehead atoms. The maximum atomic E-state index is 12.4. The van der Waals surface area contributed by atoms with Crippen molar-refractivity contribution in [3.8, 4) is 0 Å². The molecule has 2 heterocycles. The highest BCUT2D eigenvalue weighted by Gasteiger charge is 2.14. The van der Waals surface area contributed by atoms with Crippen LogP contribution >= 0.6 is 0 Å². The van der Waals surface area contributed by atoms with Gasteiger partial charge in [0.25, 0.3) is 0 Å². The molecule has 4 rings (SSSR count). The van der Waals surface area contributed by atoms with Crippen molar-refractivity contribution in [1.82, 2.24) is 14.4 Å². The number of ether oxygens (including phenoxy) is 1. The number of aliphatic hydroxyl groups is 1. The van der Waals surface area contributed by atoms with E-state index in [0.29, 0.717) is 29.0 Å². The molecule has 2 N–H and O–H groups in total. The highest BCUT2D eigenvalue weighted by atomic mass is 16.5. The Bertz CT molecular complexity index is 1180. The van der Waals surface area contributed by atoms with Crippen LogP contribution in [0.3, 0.4) is 0 Å². The molecule has 2 aromatic carbocycles. The van der Waals surface area contributed by atoms with Gasteiger partial charge in [0.15, 0.2) is 5.58 Å². The Labute approximate surface area is 198 Å². The molecule has 0 spiro atoms. The molecule has 1 amide bonds. The molecule has 9 nitrogen and oxygen atoms in total. The summed E-state index contributed by atoms with van der Waals surface area (Å²) < 4.78 is 12.2. The minimum Gasteiger partial charge on any atom is -0.449 e. The predicted octanol–water partition coefficient (Wildman–Crippen LogP) is 2.88. The fourth-order valence-corrected chi connectivity index (χ4v) is 4.10. The lowest BCUT2D eigenvalue weighted by atomic mass is 10.1. The summed E-state index contributed by atoms with van der Waals surface area (Å²) in [5, 5.41) is 12.5. The Hall–Kier alpha value is -3.14. The molecule has 3 aromatic rings. The molecule has 1 aliphatic heterocycles. The first kappa shape index (κ1) is 24.0. The maximum absolute atomic E-state index is 12.4. The molecule has 9 heteroatoms. The zero-order chi connectivity index (χ0) is 24.1.